The van der Waals surface area contributed by atoms with Crippen molar-refractivity contribution < 1.29 is 23.9 Å². The molecule has 34 heavy (non-hydrogen) atoms. The first-order valence-corrected chi connectivity index (χ1v) is 12.2. The molecule has 1 N–H and O–H groups in total. The molecule has 3 atom stereocenters. The van der Waals surface area contributed by atoms with Crippen LogP contribution in [0.1, 0.15) is 47.7 Å². The fourth-order valence-electron chi connectivity index (χ4n) is 4.82. The SMILES string of the molecule is Cc1cc(NC(=O)COC(=O)c2ccc(N3C(=O)[C@@H]4CC[C@@H](C)C[C@H]4C3=O)cc2)cc(C)c1Br. The highest BCUT2D eigenvalue weighted by Gasteiger charge is 2.49. The number of halogens is 1. The first kappa shape index (κ1) is 24.1. The molecule has 2 aromatic carbocycles. The maximum atomic E-state index is 12.9. The minimum Gasteiger partial charge on any atom is -0.452 e. The first-order chi connectivity index (χ1) is 16.2. The van der Waals surface area contributed by atoms with E-state index in [0.717, 1.165) is 34.9 Å². The molecule has 8 heteroatoms. The second-order valence-electron chi connectivity index (χ2n) is 9.24. The molecule has 178 valence electrons. The number of hydrogen-bond donors (Lipinski definition) is 1. The standard InChI is InChI=1S/C26H27BrN2O5/c1-14-4-9-20-21(10-14)25(32)29(24(20)31)19-7-5-17(6-8-19)26(33)34-13-22(30)28-18-11-15(2)23(27)16(3)12-18/h5-8,11-12,14,20-21H,4,9-10,13H2,1-3H3,(H,28,30)/t14-,20-,21-/m1/s1. The van der Waals surface area contributed by atoms with Crippen molar-refractivity contribution in [1.29, 1.82) is 0 Å². The molecule has 1 aliphatic heterocycles. The summed E-state index contributed by atoms with van der Waals surface area (Å²) in [5, 5.41) is 2.72. The molecule has 3 amide bonds. The van der Waals surface area contributed by atoms with Crippen LogP contribution in [0.25, 0.3) is 0 Å². The first-order valence-electron chi connectivity index (χ1n) is 11.4. The minimum absolute atomic E-state index is 0.160. The summed E-state index contributed by atoms with van der Waals surface area (Å²) in [6.07, 6.45) is 2.42. The summed E-state index contributed by atoms with van der Waals surface area (Å²) in [4.78, 5) is 51.6. The van der Waals surface area contributed by atoms with Crippen LogP contribution in [-0.2, 0) is 19.1 Å². The Morgan fingerprint density at radius 1 is 1.03 bits per heavy atom. The lowest BCUT2D eigenvalue weighted by Gasteiger charge is -2.25. The molecule has 0 spiro atoms. The van der Waals surface area contributed by atoms with Gasteiger partial charge < -0.3 is 10.1 Å². The maximum absolute atomic E-state index is 12.9. The van der Waals surface area contributed by atoms with E-state index >= 15 is 0 Å². The van der Waals surface area contributed by atoms with E-state index in [2.05, 4.69) is 28.2 Å². The highest BCUT2D eigenvalue weighted by atomic mass is 79.9. The number of imide groups is 1. The molecule has 0 bridgehead atoms. The highest BCUT2D eigenvalue weighted by Crippen LogP contribution is 2.42. The number of benzene rings is 2. The predicted octanol–water partition coefficient (Wildman–Crippen LogP) is 4.79. The molecule has 1 aliphatic carbocycles. The molecule has 2 aliphatic rings. The van der Waals surface area contributed by atoms with Gasteiger partial charge in [0.2, 0.25) is 11.8 Å². The van der Waals surface area contributed by atoms with Crippen molar-refractivity contribution in [2.45, 2.75) is 40.0 Å². The van der Waals surface area contributed by atoms with E-state index in [4.69, 9.17) is 4.74 Å². The van der Waals surface area contributed by atoms with Gasteiger partial charge in [-0.2, -0.15) is 0 Å². The molecule has 0 aromatic heterocycles. The lowest BCUT2D eigenvalue weighted by Crippen LogP contribution is -2.30. The molecule has 7 nitrogen and oxygen atoms in total. The van der Waals surface area contributed by atoms with E-state index in [-0.39, 0.29) is 29.2 Å². The average molecular weight is 527 g/mol. The topological polar surface area (TPSA) is 92.8 Å². The normalized spacial score (nSPS) is 21.9. The number of aryl methyl sites for hydroxylation is 2. The zero-order chi connectivity index (χ0) is 24.6. The Labute approximate surface area is 207 Å². The molecule has 1 heterocycles. The van der Waals surface area contributed by atoms with Gasteiger partial charge in [-0.25, -0.2) is 4.79 Å². The van der Waals surface area contributed by atoms with Gasteiger partial charge in [-0.1, -0.05) is 22.9 Å². The van der Waals surface area contributed by atoms with Crippen LogP contribution >= 0.6 is 15.9 Å². The van der Waals surface area contributed by atoms with E-state index in [0.29, 0.717) is 17.3 Å². The van der Waals surface area contributed by atoms with Gasteiger partial charge >= 0.3 is 5.97 Å². The monoisotopic (exact) mass is 526 g/mol. The molecular weight excluding hydrogens is 500 g/mol. The fourth-order valence-corrected chi connectivity index (χ4v) is 5.05. The quantitative estimate of drug-likeness (QED) is 0.446. The number of rotatable bonds is 5. The van der Waals surface area contributed by atoms with Gasteiger partial charge in [0.15, 0.2) is 6.61 Å². The molecule has 1 saturated heterocycles. The second kappa shape index (κ2) is 9.70. The van der Waals surface area contributed by atoms with Gasteiger partial charge in [-0.05, 0) is 86.6 Å². The summed E-state index contributed by atoms with van der Waals surface area (Å²) in [7, 11) is 0. The minimum atomic E-state index is -0.661. The van der Waals surface area contributed by atoms with Gasteiger partial charge in [-0.3, -0.25) is 19.3 Å². The van der Waals surface area contributed by atoms with Crippen LogP contribution in [-0.4, -0.2) is 30.3 Å². The number of esters is 1. The van der Waals surface area contributed by atoms with E-state index in [1.165, 1.54) is 17.0 Å². The summed E-state index contributed by atoms with van der Waals surface area (Å²) in [6.45, 7) is 5.53. The molecular formula is C26H27BrN2O5. The van der Waals surface area contributed by atoms with E-state index < -0.39 is 18.5 Å². The Hall–Kier alpha value is -3.00. The zero-order valence-corrected chi connectivity index (χ0v) is 21.0. The number of carbonyl (C=O) groups is 4. The molecule has 1 saturated carbocycles. The largest absolute Gasteiger partial charge is 0.452 e. The summed E-state index contributed by atoms with van der Waals surface area (Å²) >= 11 is 3.48. The predicted molar refractivity (Wildman–Crippen MR) is 131 cm³/mol. The third-order valence-corrected chi connectivity index (χ3v) is 7.85. The van der Waals surface area contributed by atoms with Crippen LogP contribution in [0.2, 0.25) is 0 Å². The van der Waals surface area contributed by atoms with Crippen LogP contribution in [0.4, 0.5) is 11.4 Å². The summed E-state index contributed by atoms with van der Waals surface area (Å²) in [5.74, 6) is -1.49. The van der Waals surface area contributed by atoms with Crippen molar-refractivity contribution in [3.8, 4) is 0 Å². The average Bonchev–Trinajstić information content (AvgIpc) is 3.05. The Morgan fingerprint density at radius 2 is 1.65 bits per heavy atom. The van der Waals surface area contributed by atoms with Crippen LogP contribution in [0.15, 0.2) is 40.9 Å². The number of ether oxygens (including phenoxy) is 1. The van der Waals surface area contributed by atoms with Gasteiger partial charge in [0, 0.05) is 10.2 Å². The maximum Gasteiger partial charge on any atom is 0.338 e. The van der Waals surface area contributed by atoms with Gasteiger partial charge in [-0.15, -0.1) is 0 Å². The van der Waals surface area contributed by atoms with Gasteiger partial charge in [0.05, 0.1) is 23.1 Å². The number of amides is 3. The number of nitrogens with one attached hydrogen (secondary N) is 1. The summed E-state index contributed by atoms with van der Waals surface area (Å²) < 4.78 is 6.11. The van der Waals surface area contributed by atoms with Crippen LogP contribution in [0, 0.1) is 31.6 Å². The van der Waals surface area contributed by atoms with Crippen LogP contribution in [0.5, 0.6) is 0 Å². The molecule has 2 fully saturated rings. The third-order valence-electron chi connectivity index (χ3n) is 6.60. The van der Waals surface area contributed by atoms with E-state index in [9.17, 15) is 19.2 Å². The number of anilines is 2. The molecule has 0 unspecified atom stereocenters. The smallest absolute Gasteiger partial charge is 0.338 e. The Balaban J connectivity index is 1.36. The van der Waals surface area contributed by atoms with Crippen molar-refractivity contribution in [1.82, 2.24) is 0 Å². The number of nitrogens with zero attached hydrogens (tertiary/aromatic N) is 1. The fraction of sp³-hybridized carbons (Fsp3) is 0.385. The Kier molecular flexibility index (Phi) is 6.89. The second-order valence-corrected chi connectivity index (χ2v) is 10.0. The molecule has 0 radical (unpaired) electrons. The summed E-state index contributed by atoms with van der Waals surface area (Å²) in [6, 6.07) is 9.80. The van der Waals surface area contributed by atoms with Crippen LogP contribution < -0.4 is 10.2 Å². The van der Waals surface area contributed by atoms with E-state index in [1.54, 1.807) is 12.1 Å². The Morgan fingerprint density at radius 3 is 2.29 bits per heavy atom. The highest BCUT2D eigenvalue weighted by molar-refractivity contribution is 9.10. The van der Waals surface area contributed by atoms with Crippen molar-refractivity contribution in [3.63, 3.8) is 0 Å². The van der Waals surface area contributed by atoms with Crippen molar-refractivity contribution in [2.75, 3.05) is 16.8 Å². The molecule has 2 aromatic rings. The number of hydrogen-bond acceptors (Lipinski definition) is 5. The summed E-state index contributed by atoms with van der Waals surface area (Å²) in [5.41, 5.74) is 3.27. The third kappa shape index (κ3) is 4.78. The van der Waals surface area contributed by atoms with Crippen LogP contribution in [0.3, 0.4) is 0 Å². The lowest BCUT2D eigenvalue weighted by molar-refractivity contribution is -0.122. The van der Waals surface area contributed by atoms with Gasteiger partial charge in [0.1, 0.15) is 0 Å². The number of carbonyl (C=O) groups excluding carboxylic acids is 4. The van der Waals surface area contributed by atoms with Crippen molar-refractivity contribution in [2.24, 2.45) is 17.8 Å². The lowest BCUT2D eigenvalue weighted by atomic mass is 9.76. The zero-order valence-electron chi connectivity index (χ0n) is 19.4. The van der Waals surface area contributed by atoms with Crippen molar-refractivity contribution >= 4 is 51.0 Å². The Bertz CT molecular complexity index is 1140. The molecule has 4 rings (SSSR count). The van der Waals surface area contributed by atoms with E-state index in [1.807, 2.05) is 26.0 Å². The van der Waals surface area contributed by atoms with Crippen molar-refractivity contribution in [3.05, 3.63) is 57.6 Å². The number of fused-ring (bicyclic) bond motifs is 1. The van der Waals surface area contributed by atoms with Gasteiger partial charge in [0.25, 0.3) is 5.91 Å².